The van der Waals surface area contributed by atoms with Gasteiger partial charge in [0.25, 0.3) is 0 Å². The number of ether oxygens (including phenoxy) is 1. The molecule has 2 aromatic rings. The molecule has 0 fully saturated rings. The largest absolute Gasteiger partial charge is 0.496 e. The predicted octanol–water partition coefficient (Wildman–Crippen LogP) is 4.41. The van der Waals surface area contributed by atoms with Gasteiger partial charge < -0.3 is 4.74 Å². The first-order valence-electron chi connectivity index (χ1n) is 6.22. The molecule has 0 unspecified atom stereocenters. The van der Waals surface area contributed by atoms with Crippen LogP contribution in [0.3, 0.4) is 0 Å². The Kier molecular flexibility index (Phi) is 4.90. The van der Waals surface area contributed by atoms with E-state index in [1.807, 2.05) is 24.3 Å². The van der Waals surface area contributed by atoms with E-state index < -0.39 is 5.82 Å². The Bertz CT molecular complexity index is 626. The quantitative estimate of drug-likeness (QED) is 0.756. The number of hydrogen-bond donors (Lipinski definition) is 0. The lowest BCUT2D eigenvalue weighted by Gasteiger charge is -2.08. The van der Waals surface area contributed by atoms with Gasteiger partial charge in [-0.05, 0) is 36.2 Å². The summed E-state index contributed by atoms with van der Waals surface area (Å²) < 4.78 is 19.5. The number of aryl methyl sites for hydroxylation is 1. The molecule has 0 heterocycles. The van der Waals surface area contributed by atoms with Gasteiger partial charge in [0.15, 0.2) is 5.78 Å². The van der Waals surface area contributed by atoms with Gasteiger partial charge in [0, 0.05) is 10.9 Å². The minimum atomic E-state index is -0.496. The maximum absolute atomic E-state index is 13.7. The van der Waals surface area contributed by atoms with Gasteiger partial charge in [-0.1, -0.05) is 34.1 Å². The molecule has 2 rings (SSSR count). The number of para-hydroxylation sites is 1. The first kappa shape index (κ1) is 14.7. The van der Waals surface area contributed by atoms with Crippen molar-refractivity contribution in [1.82, 2.24) is 0 Å². The molecule has 20 heavy (non-hydrogen) atoms. The van der Waals surface area contributed by atoms with Crippen LogP contribution in [-0.4, -0.2) is 12.9 Å². The molecule has 4 heteroatoms. The first-order chi connectivity index (χ1) is 9.61. The second kappa shape index (κ2) is 6.66. The minimum absolute atomic E-state index is 0.128. The lowest BCUT2D eigenvalue weighted by Crippen LogP contribution is -2.04. The van der Waals surface area contributed by atoms with Gasteiger partial charge in [-0.25, -0.2) is 4.39 Å². The summed E-state index contributed by atoms with van der Waals surface area (Å²) in [6.07, 6.45) is 0.775. The van der Waals surface area contributed by atoms with Crippen LogP contribution in [0.5, 0.6) is 5.75 Å². The molecule has 0 aliphatic heterocycles. The third-order valence-electron chi connectivity index (χ3n) is 3.05. The second-order valence-electron chi connectivity index (χ2n) is 4.36. The van der Waals surface area contributed by atoms with Gasteiger partial charge >= 0.3 is 0 Å². The number of ketones is 1. The van der Waals surface area contributed by atoms with E-state index in [0.29, 0.717) is 10.9 Å². The fourth-order valence-electron chi connectivity index (χ4n) is 2.01. The number of carbonyl (C=O) groups is 1. The number of hydrogen-bond acceptors (Lipinski definition) is 2. The SMILES string of the molecule is COc1ccccc1CCC(=O)c1ccc(Br)cc1F. The van der Waals surface area contributed by atoms with E-state index >= 15 is 0 Å². The lowest BCUT2D eigenvalue weighted by molar-refractivity contribution is 0.0979. The van der Waals surface area contributed by atoms with Crippen LogP contribution >= 0.6 is 15.9 Å². The van der Waals surface area contributed by atoms with Crippen molar-refractivity contribution in [2.45, 2.75) is 12.8 Å². The summed E-state index contributed by atoms with van der Waals surface area (Å²) in [5.41, 5.74) is 1.07. The van der Waals surface area contributed by atoms with Crippen molar-refractivity contribution in [2.75, 3.05) is 7.11 Å². The Morgan fingerprint density at radius 1 is 1.25 bits per heavy atom. The zero-order valence-electron chi connectivity index (χ0n) is 11.0. The number of halogens is 2. The molecule has 0 N–H and O–H groups in total. The van der Waals surface area contributed by atoms with Crippen molar-refractivity contribution in [3.05, 3.63) is 63.9 Å². The van der Waals surface area contributed by atoms with Crippen LogP contribution in [0.4, 0.5) is 4.39 Å². The van der Waals surface area contributed by atoms with Crippen LogP contribution in [0.25, 0.3) is 0 Å². The molecule has 0 saturated heterocycles. The van der Waals surface area contributed by atoms with Crippen LogP contribution in [-0.2, 0) is 6.42 Å². The molecule has 0 saturated carbocycles. The highest BCUT2D eigenvalue weighted by molar-refractivity contribution is 9.10. The number of Topliss-reactive ketones (excluding diaryl/α,β-unsaturated/α-hetero) is 1. The summed E-state index contributed by atoms with van der Waals surface area (Å²) in [5.74, 6) is 0.0434. The monoisotopic (exact) mass is 336 g/mol. The zero-order valence-corrected chi connectivity index (χ0v) is 12.6. The Morgan fingerprint density at radius 3 is 2.70 bits per heavy atom. The van der Waals surface area contributed by atoms with E-state index in [0.717, 1.165) is 11.3 Å². The molecular formula is C16H14BrFO2. The van der Waals surface area contributed by atoms with Crippen LogP contribution in [0, 0.1) is 5.82 Å². The van der Waals surface area contributed by atoms with E-state index in [4.69, 9.17) is 4.74 Å². The summed E-state index contributed by atoms with van der Waals surface area (Å²) in [5, 5.41) is 0. The molecule has 2 nitrogen and oxygen atoms in total. The van der Waals surface area contributed by atoms with Crippen molar-refractivity contribution in [3.63, 3.8) is 0 Å². The van der Waals surface area contributed by atoms with Crippen LogP contribution in [0.2, 0.25) is 0 Å². The third kappa shape index (κ3) is 3.45. The Hall–Kier alpha value is -1.68. The number of rotatable bonds is 5. The predicted molar refractivity (Wildman–Crippen MR) is 79.7 cm³/mol. The summed E-state index contributed by atoms with van der Waals surface area (Å²) in [6, 6.07) is 12.0. The molecular weight excluding hydrogens is 323 g/mol. The van der Waals surface area contributed by atoms with Crippen LogP contribution in [0.15, 0.2) is 46.9 Å². The van der Waals surface area contributed by atoms with Crippen molar-refractivity contribution in [3.8, 4) is 5.75 Å². The average Bonchev–Trinajstić information content (AvgIpc) is 2.45. The van der Waals surface area contributed by atoms with Gasteiger partial charge in [0.05, 0.1) is 12.7 Å². The summed E-state index contributed by atoms with van der Waals surface area (Å²) >= 11 is 3.17. The Labute approximate surface area is 125 Å². The molecule has 0 bridgehead atoms. The van der Waals surface area contributed by atoms with Crippen molar-refractivity contribution < 1.29 is 13.9 Å². The highest BCUT2D eigenvalue weighted by atomic mass is 79.9. The first-order valence-corrected chi connectivity index (χ1v) is 7.01. The molecule has 0 spiro atoms. The van der Waals surface area contributed by atoms with Gasteiger partial charge in [0.2, 0.25) is 0 Å². The standard InChI is InChI=1S/C16H14BrFO2/c1-20-16-5-3-2-4-11(16)6-9-15(19)13-8-7-12(17)10-14(13)18/h2-5,7-8,10H,6,9H2,1H3. The van der Waals surface area contributed by atoms with E-state index in [-0.39, 0.29) is 17.8 Å². The average molecular weight is 337 g/mol. The maximum Gasteiger partial charge on any atom is 0.166 e. The van der Waals surface area contributed by atoms with Crippen molar-refractivity contribution in [1.29, 1.82) is 0 Å². The van der Waals surface area contributed by atoms with Gasteiger partial charge in [0.1, 0.15) is 11.6 Å². The van der Waals surface area contributed by atoms with Crippen LogP contribution in [0.1, 0.15) is 22.3 Å². The Morgan fingerprint density at radius 2 is 2.00 bits per heavy atom. The molecule has 0 radical (unpaired) electrons. The van der Waals surface area contributed by atoms with Crippen molar-refractivity contribution in [2.24, 2.45) is 0 Å². The van der Waals surface area contributed by atoms with Gasteiger partial charge in [-0.15, -0.1) is 0 Å². The number of methoxy groups -OCH3 is 1. The molecule has 0 amide bonds. The summed E-state index contributed by atoms with van der Waals surface area (Å²) in [6.45, 7) is 0. The number of carbonyl (C=O) groups excluding carboxylic acids is 1. The van der Waals surface area contributed by atoms with E-state index in [1.54, 1.807) is 13.2 Å². The topological polar surface area (TPSA) is 26.3 Å². The van der Waals surface area contributed by atoms with Crippen molar-refractivity contribution >= 4 is 21.7 Å². The molecule has 2 aromatic carbocycles. The third-order valence-corrected chi connectivity index (χ3v) is 3.54. The second-order valence-corrected chi connectivity index (χ2v) is 5.27. The summed E-state index contributed by atoms with van der Waals surface area (Å²) in [7, 11) is 1.59. The fraction of sp³-hybridized carbons (Fsp3) is 0.188. The fourth-order valence-corrected chi connectivity index (χ4v) is 2.34. The molecule has 0 aromatic heterocycles. The highest BCUT2D eigenvalue weighted by Gasteiger charge is 2.13. The molecule has 0 aliphatic carbocycles. The lowest BCUT2D eigenvalue weighted by atomic mass is 10.0. The van der Waals surface area contributed by atoms with E-state index in [2.05, 4.69) is 15.9 Å². The molecule has 104 valence electrons. The minimum Gasteiger partial charge on any atom is -0.496 e. The van der Waals surface area contributed by atoms with Gasteiger partial charge in [-0.3, -0.25) is 4.79 Å². The highest BCUT2D eigenvalue weighted by Crippen LogP contribution is 2.21. The van der Waals surface area contributed by atoms with Gasteiger partial charge in [-0.2, -0.15) is 0 Å². The zero-order chi connectivity index (χ0) is 14.5. The smallest absolute Gasteiger partial charge is 0.166 e. The maximum atomic E-state index is 13.7. The number of benzene rings is 2. The normalized spacial score (nSPS) is 10.3. The van der Waals surface area contributed by atoms with Crippen LogP contribution < -0.4 is 4.74 Å². The Balaban J connectivity index is 2.09. The van der Waals surface area contributed by atoms with E-state index in [9.17, 15) is 9.18 Å². The molecule has 0 atom stereocenters. The summed E-state index contributed by atoms with van der Waals surface area (Å²) in [4.78, 5) is 12.1. The van der Waals surface area contributed by atoms with E-state index in [1.165, 1.54) is 12.1 Å². The molecule has 0 aliphatic rings.